The van der Waals surface area contributed by atoms with E-state index in [-0.39, 0.29) is 6.03 Å². The first-order valence-corrected chi connectivity index (χ1v) is 14.7. The monoisotopic (exact) mass is 525 g/mol. The average molecular weight is 526 g/mol. The zero-order valence-electron chi connectivity index (χ0n) is 22.1. The number of carbonyl (C=O) groups is 1. The summed E-state index contributed by atoms with van der Waals surface area (Å²) in [6, 6.07) is 18.6. The van der Waals surface area contributed by atoms with Gasteiger partial charge in [0.25, 0.3) is 0 Å². The molecule has 0 radical (unpaired) electrons. The van der Waals surface area contributed by atoms with Crippen LogP contribution < -0.4 is 10.2 Å². The van der Waals surface area contributed by atoms with Crippen molar-refractivity contribution < 1.29 is 4.79 Å². The standard InChI is InChI=1S/C31H35N5OS/c1-2-23-12-6-8-14-25(23)32-31(37)36-20-18-35(19-21-36)29-28-24-13-7-9-15-26(24)38-30(28)34-27(33-29)17-16-22-10-4-3-5-11-22/h3-6,8,10-12,14H,2,7,9,13,15-21H2,1H3,(H,32,37). The van der Waals surface area contributed by atoms with Crippen molar-refractivity contribution in [2.24, 2.45) is 0 Å². The maximum atomic E-state index is 13.1. The minimum Gasteiger partial charge on any atom is -0.352 e. The largest absolute Gasteiger partial charge is 0.352 e. The minimum atomic E-state index is -0.0187. The molecule has 1 N–H and O–H groups in total. The Morgan fingerprint density at radius 3 is 2.50 bits per heavy atom. The van der Waals surface area contributed by atoms with E-state index in [1.165, 1.54) is 34.2 Å². The predicted molar refractivity (Wildman–Crippen MR) is 157 cm³/mol. The van der Waals surface area contributed by atoms with E-state index in [0.29, 0.717) is 13.1 Å². The summed E-state index contributed by atoms with van der Waals surface area (Å²) >= 11 is 1.87. The van der Waals surface area contributed by atoms with Crippen LogP contribution in [0.5, 0.6) is 0 Å². The molecule has 38 heavy (non-hydrogen) atoms. The summed E-state index contributed by atoms with van der Waals surface area (Å²) in [6.45, 7) is 5.02. The Kier molecular flexibility index (Phi) is 7.27. The molecule has 0 unspecified atom stereocenters. The molecule has 196 valence electrons. The summed E-state index contributed by atoms with van der Waals surface area (Å²) in [5, 5.41) is 4.40. The number of para-hydroxylation sites is 1. The molecule has 6 nitrogen and oxygen atoms in total. The van der Waals surface area contributed by atoms with Gasteiger partial charge in [0.1, 0.15) is 16.5 Å². The highest BCUT2D eigenvalue weighted by molar-refractivity contribution is 7.19. The molecule has 6 rings (SSSR count). The van der Waals surface area contributed by atoms with Crippen LogP contribution in [0.15, 0.2) is 54.6 Å². The minimum absolute atomic E-state index is 0.0187. The van der Waals surface area contributed by atoms with E-state index >= 15 is 0 Å². The summed E-state index contributed by atoms with van der Waals surface area (Å²) in [5.74, 6) is 2.00. The number of carbonyl (C=O) groups excluding carboxylic acids is 1. The third kappa shape index (κ3) is 5.12. The number of thiophene rings is 1. The second-order valence-corrected chi connectivity index (χ2v) is 11.3. The fraction of sp³-hybridized carbons (Fsp3) is 0.387. The predicted octanol–water partition coefficient (Wildman–Crippen LogP) is 6.27. The Morgan fingerprint density at radius 1 is 0.921 bits per heavy atom. The first-order chi connectivity index (χ1) is 18.7. The first kappa shape index (κ1) is 24.9. The van der Waals surface area contributed by atoms with Crippen molar-refractivity contribution in [3.63, 3.8) is 0 Å². The summed E-state index contributed by atoms with van der Waals surface area (Å²) in [7, 11) is 0. The molecule has 0 spiro atoms. The lowest BCUT2D eigenvalue weighted by Gasteiger charge is -2.36. The van der Waals surface area contributed by atoms with E-state index in [2.05, 4.69) is 53.5 Å². The number of urea groups is 1. The van der Waals surface area contributed by atoms with Gasteiger partial charge in [0.15, 0.2) is 0 Å². The van der Waals surface area contributed by atoms with Crippen molar-refractivity contribution in [1.82, 2.24) is 14.9 Å². The van der Waals surface area contributed by atoms with E-state index in [1.54, 1.807) is 0 Å². The van der Waals surface area contributed by atoms with E-state index in [9.17, 15) is 4.79 Å². The molecule has 2 aromatic carbocycles. The van der Waals surface area contributed by atoms with Gasteiger partial charge < -0.3 is 15.1 Å². The fourth-order valence-electron chi connectivity index (χ4n) is 5.69. The van der Waals surface area contributed by atoms with Crippen LogP contribution in [0.4, 0.5) is 16.3 Å². The Balaban J connectivity index is 1.22. The van der Waals surface area contributed by atoms with Gasteiger partial charge in [0, 0.05) is 43.2 Å². The molecule has 3 heterocycles. The van der Waals surface area contributed by atoms with Crippen molar-refractivity contribution in [3.8, 4) is 0 Å². The molecule has 0 atom stereocenters. The van der Waals surface area contributed by atoms with Gasteiger partial charge in [-0.15, -0.1) is 11.3 Å². The molecule has 1 fully saturated rings. The summed E-state index contributed by atoms with van der Waals surface area (Å²) in [5.41, 5.74) is 4.85. The van der Waals surface area contributed by atoms with Crippen molar-refractivity contribution in [2.45, 2.75) is 51.9 Å². The summed E-state index contributed by atoms with van der Waals surface area (Å²) < 4.78 is 0. The molecule has 7 heteroatoms. The second-order valence-electron chi connectivity index (χ2n) is 10.3. The smallest absolute Gasteiger partial charge is 0.321 e. The quantitative estimate of drug-likeness (QED) is 0.322. The molecule has 4 aromatic rings. The number of hydrogen-bond donors (Lipinski definition) is 1. The molecule has 2 aromatic heterocycles. The van der Waals surface area contributed by atoms with Crippen LogP contribution in [-0.2, 0) is 32.1 Å². The van der Waals surface area contributed by atoms with Crippen LogP contribution in [-0.4, -0.2) is 47.1 Å². The molecule has 0 bridgehead atoms. The highest BCUT2D eigenvalue weighted by atomic mass is 32.1. The lowest BCUT2D eigenvalue weighted by molar-refractivity contribution is 0.208. The highest BCUT2D eigenvalue weighted by Crippen LogP contribution is 2.40. The van der Waals surface area contributed by atoms with Crippen molar-refractivity contribution in [1.29, 1.82) is 0 Å². The maximum Gasteiger partial charge on any atom is 0.321 e. The van der Waals surface area contributed by atoms with Crippen molar-refractivity contribution in [3.05, 3.63) is 82.0 Å². The number of piperazine rings is 1. The molecule has 1 aliphatic carbocycles. The maximum absolute atomic E-state index is 13.1. The number of rotatable bonds is 6. The average Bonchev–Trinajstić information content (AvgIpc) is 3.35. The molecule has 2 amide bonds. The number of fused-ring (bicyclic) bond motifs is 3. The number of nitrogens with zero attached hydrogens (tertiary/aromatic N) is 4. The highest BCUT2D eigenvalue weighted by Gasteiger charge is 2.27. The van der Waals surface area contributed by atoms with Crippen LogP contribution >= 0.6 is 11.3 Å². The third-order valence-electron chi connectivity index (χ3n) is 7.83. The Hall–Kier alpha value is -3.45. The number of benzene rings is 2. The van der Waals surface area contributed by atoms with E-state index < -0.39 is 0 Å². The van der Waals surface area contributed by atoms with Crippen LogP contribution in [0, 0.1) is 0 Å². The van der Waals surface area contributed by atoms with Crippen LogP contribution in [0.25, 0.3) is 10.2 Å². The van der Waals surface area contributed by atoms with Gasteiger partial charge in [-0.25, -0.2) is 14.8 Å². The van der Waals surface area contributed by atoms with Crippen LogP contribution in [0.3, 0.4) is 0 Å². The van der Waals surface area contributed by atoms with Gasteiger partial charge >= 0.3 is 6.03 Å². The van der Waals surface area contributed by atoms with Gasteiger partial charge in [-0.2, -0.15) is 0 Å². The summed E-state index contributed by atoms with van der Waals surface area (Å²) in [4.78, 5) is 30.3. The molecule has 0 saturated carbocycles. The molecular weight excluding hydrogens is 490 g/mol. The third-order valence-corrected chi connectivity index (χ3v) is 9.01. The number of aromatic nitrogens is 2. The topological polar surface area (TPSA) is 61.4 Å². The SMILES string of the molecule is CCc1ccccc1NC(=O)N1CCN(c2nc(CCc3ccccc3)nc3sc4c(c23)CCCC4)CC1. The van der Waals surface area contributed by atoms with Gasteiger partial charge in [-0.05, 0) is 61.3 Å². The molecule has 1 aliphatic heterocycles. The molecular formula is C31H35N5OS. The normalized spacial score (nSPS) is 15.5. The van der Waals surface area contributed by atoms with Crippen LogP contribution in [0.2, 0.25) is 0 Å². The lowest BCUT2D eigenvalue weighted by atomic mass is 9.96. The fourth-order valence-corrected chi connectivity index (χ4v) is 6.96. The van der Waals surface area contributed by atoms with E-state index in [1.807, 2.05) is 34.4 Å². The van der Waals surface area contributed by atoms with Gasteiger partial charge in [-0.1, -0.05) is 55.5 Å². The Labute approximate surface area is 228 Å². The van der Waals surface area contributed by atoms with Crippen molar-refractivity contribution >= 4 is 39.1 Å². The number of aryl methyl sites for hydroxylation is 5. The Morgan fingerprint density at radius 2 is 1.68 bits per heavy atom. The zero-order valence-corrected chi connectivity index (χ0v) is 22.9. The number of nitrogens with one attached hydrogen (secondary N) is 1. The lowest BCUT2D eigenvalue weighted by Crippen LogP contribution is -2.50. The van der Waals surface area contributed by atoms with E-state index in [0.717, 1.165) is 72.9 Å². The number of amides is 2. The zero-order chi connectivity index (χ0) is 25.9. The number of hydrogen-bond acceptors (Lipinski definition) is 5. The summed E-state index contributed by atoms with van der Waals surface area (Å²) in [6.07, 6.45) is 7.43. The Bertz CT molecular complexity index is 1430. The van der Waals surface area contributed by atoms with Gasteiger partial charge in [-0.3, -0.25) is 0 Å². The second kappa shape index (κ2) is 11.1. The molecule has 1 saturated heterocycles. The van der Waals surface area contributed by atoms with Gasteiger partial charge in [0.2, 0.25) is 0 Å². The molecule has 2 aliphatic rings. The van der Waals surface area contributed by atoms with Crippen LogP contribution in [0.1, 0.15) is 47.2 Å². The van der Waals surface area contributed by atoms with E-state index in [4.69, 9.17) is 9.97 Å². The first-order valence-electron chi connectivity index (χ1n) is 13.9. The van der Waals surface area contributed by atoms with Crippen molar-refractivity contribution in [2.75, 3.05) is 36.4 Å². The number of anilines is 2. The van der Waals surface area contributed by atoms with Gasteiger partial charge in [0.05, 0.1) is 5.39 Å².